The highest BCUT2D eigenvalue weighted by Crippen LogP contribution is 2.27. The van der Waals surface area contributed by atoms with Crippen LogP contribution in [-0.4, -0.2) is 6.54 Å². The lowest BCUT2D eigenvalue weighted by Gasteiger charge is -2.17. The Morgan fingerprint density at radius 2 is 2.06 bits per heavy atom. The minimum Gasteiger partial charge on any atom is -0.310 e. The zero-order valence-corrected chi connectivity index (χ0v) is 11.0. The minimum atomic E-state index is 0. The summed E-state index contributed by atoms with van der Waals surface area (Å²) < 4.78 is 0. The maximum atomic E-state index is 3.59. The maximum Gasteiger partial charge on any atom is 0.0323 e. The van der Waals surface area contributed by atoms with Crippen LogP contribution in [-0.2, 0) is 6.42 Å². The summed E-state index contributed by atoms with van der Waals surface area (Å²) in [5.74, 6) is 0.743. The lowest BCUT2D eigenvalue weighted by atomic mass is 9.93. The Kier molecular flexibility index (Phi) is 5.30. The number of hydrogen-bond donors (Lipinski definition) is 1. The molecule has 16 heavy (non-hydrogen) atoms. The molecule has 0 saturated carbocycles. The van der Waals surface area contributed by atoms with Crippen LogP contribution in [0.25, 0.3) is 0 Å². The SMILES string of the molecule is CC(C)Cc1ccccc1[C@@H]1CCCN1.Cl. The van der Waals surface area contributed by atoms with E-state index < -0.39 is 0 Å². The minimum absolute atomic E-state index is 0. The Balaban J connectivity index is 0.00000128. The predicted molar refractivity (Wildman–Crippen MR) is 72.2 cm³/mol. The van der Waals surface area contributed by atoms with Crippen molar-refractivity contribution in [1.29, 1.82) is 0 Å². The Morgan fingerprint density at radius 1 is 1.31 bits per heavy atom. The summed E-state index contributed by atoms with van der Waals surface area (Å²) in [4.78, 5) is 0. The van der Waals surface area contributed by atoms with Crippen molar-refractivity contribution >= 4 is 12.4 Å². The molecule has 2 rings (SSSR count). The standard InChI is InChI=1S/C14H21N.ClH/c1-11(2)10-12-6-3-4-7-13(12)14-8-5-9-15-14;/h3-4,6-7,11,14-15H,5,8-10H2,1-2H3;1H/t14-;/m0./s1. The molecular weight excluding hydrogens is 218 g/mol. The lowest BCUT2D eigenvalue weighted by molar-refractivity contribution is 0.607. The number of halogens is 1. The zero-order valence-electron chi connectivity index (χ0n) is 10.2. The van der Waals surface area contributed by atoms with Crippen molar-refractivity contribution < 1.29 is 0 Å². The molecule has 1 saturated heterocycles. The van der Waals surface area contributed by atoms with Gasteiger partial charge in [0.15, 0.2) is 0 Å². The summed E-state index contributed by atoms with van der Waals surface area (Å²) >= 11 is 0. The number of rotatable bonds is 3. The van der Waals surface area contributed by atoms with Crippen molar-refractivity contribution in [3.05, 3.63) is 35.4 Å². The van der Waals surface area contributed by atoms with Crippen molar-refractivity contribution in [2.75, 3.05) is 6.54 Å². The van der Waals surface area contributed by atoms with E-state index in [1.807, 2.05) is 0 Å². The Labute approximate surface area is 105 Å². The van der Waals surface area contributed by atoms with Gasteiger partial charge >= 0.3 is 0 Å². The Hall–Kier alpha value is -0.530. The van der Waals surface area contributed by atoms with E-state index in [2.05, 4.69) is 43.4 Å². The van der Waals surface area contributed by atoms with E-state index in [0.717, 1.165) is 5.92 Å². The molecule has 1 heterocycles. The van der Waals surface area contributed by atoms with Gasteiger partial charge in [-0.15, -0.1) is 12.4 Å². The second-order valence-electron chi connectivity index (χ2n) is 4.95. The van der Waals surface area contributed by atoms with Crippen molar-refractivity contribution in [1.82, 2.24) is 5.32 Å². The smallest absolute Gasteiger partial charge is 0.0323 e. The van der Waals surface area contributed by atoms with Gasteiger partial charge in [0.05, 0.1) is 0 Å². The summed E-state index contributed by atoms with van der Waals surface area (Å²) in [6.07, 6.45) is 3.82. The molecule has 2 heteroatoms. The number of hydrogen-bond acceptors (Lipinski definition) is 1. The van der Waals surface area contributed by atoms with Crippen LogP contribution < -0.4 is 5.32 Å². The summed E-state index contributed by atoms with van der Waals surface area (Å²) in [5.41, 5.74) is 3.07. The first-order valence-corrected chi connectivity index (χ1v) is 6.08. The number of nitrogens with one attached hydrogen (secondary N) is 1. The fourth-order valence-corrected chi connectivity index (χ4v) is 2.45. The molecule has 1 aliphatic heterocycles. The first-order chi connectivity index (χ1) is 7.27. The van der Waals surface area contributed by atoms with Gasteiger partial charge in [0.2, 0.25) is 0 Å². The fourth-order valence-electron chi connectivity index (χ4n) is 2.45. The van der Waals surface area contributed by atoms with E-state index >= 15 is 0 Å². The third-order valence-corrected chi connectivity index (χ3v) is 3.12. The number of benzene rings is 1. The van der Waals surface area contributed by atoms with E-state index in [-0.39, 0.29) is 12.4 Å². The van der Waals surface area contributed by atoms with Crippen molar-refractivity contribution in [3.63, 3.8) is 0 Å². The maximum absolute atomic E-state index is 3.59. The van der Waals surface area contributed by atoms with Crippen LogP contribution in [0.3, 0.4) is 0 Å². The van der Waals surface area contributed by atoms with Gasteiger partial charge in [0.25, 0.3) is 0 Å². The molecule has 0 unspecified atom stereocenters. The van der Waals surface area contributed by atoms with Crippen LogP contribution in [0.2, 0.25) is 0 Å². The first kappa shape index (κ1) is 13.5. The van der Waals surface area contributed by atoms with Gasteiger partial charge in [-0.1, -0.05) is 38.1 Å². The first-order valence-electron chi connectivity index (χ1n) is 6.08. The molecule has 0 aliphatic carbocycles. The summed E-state index contributed by atoms with van der Waals surface area (Å²) in [6, 6.07) is 9.52. The summed E-state index contributed by atoms with van der Waals surface area (Å²) in [6.45, 7) is 5.76. The zero-order chi connectivity index (χ0) is 10.7. The average molecular weight is 240 g/mol. The molecule has 1 N–H and O–H groups in total. The second-order valence-corrected chi connectivity index (χ2v) is 4.95. The molecule has 90 valence electrons. The highest BCUT2D eigenvalue weighted by molar-refractivity contribution is 5.85. The third kappa shape index (κ3) is 3.23. The highest BCUT2D eigenvalue weighted by Gasteiger charge is 2.18. The van der Waals surface area contributed by atoms with Gasteiger partial charge < -0.3 is 5.32 Å². The van der Waals surface area contributed by atoms with E-state index in [9.17, 15) is 0 Å². The van der Waals surface area contributed by atoms with Gasteiger partial charge in [-0.25, -0.2) is 0 Å². The molecule has 1 fully saturated rings. The molecule has 1 aliphatic rings. The normalized spacial score (nSPS) is 19.8. The van der Waals surface area contributed by atoms with Crippen molar-refractivity contribution in [3.8, 4) is 0 Å². The highest BCUT2D eigenvalue weighted by atomic mass is 35.5. The molecular formula is C14H22ClN. The monoisotopic (exact) mass is 239 g/mol. The second kappa shape index (κ2) is 6.27. The van der Waals surface area contributed by atoms with Gasteiger partial charge in [0, 0.05) is 6.04 Å². The van der Waals surface area contributed by atoms with Crippen LogP contribution in [0.1, 0.15) is 43.9 Å². The van der Waals surface area contributed by atoms with E-state index in [4.69, 9.17) is 0 Å². The fraction of sp³-hybridized carbons (Fsp3) is 0.571. The Bertz CT molecular complexity index is 316. The van der Waals surface area contributed by atoms with Crippen LogP contribution >= 0.6 is 12.4 Å². The topological polar surface area (TPSA) is 12.0 Å². The molecule has 0 bridgehead atoms. The van der Waals surface area contributed by atoms with E-state index in [1.165, 1.54) is 36.9 Å². The summed E-state index contributed by atoms with van der Waals surface area (Å²) in [5, 5.41) is 3.59. The summed E-state index contributed by atoms with van der Waals surface area (Å²) in [7, 11) is 0. The third-order valence-electron chi connectivity index (χ3n) is 3.12. The van der Waals surface area contributed by atoms with Crippen LogP contribution in [0.4, 0.5) is 0 Å². The van der Waals surface area contributed by atoms with Crippen molar-refractivity contribution in [2.24, 2.45) is 5.92 Å². The van der Waals surface area contributed by atoms with Gasteiger partial charge in [-0.3, -0.25) is 0 Å². The molecule has 0 amide bonds. The molecule has 0 aromatic heterocycles. The predicted octanol–water partition coefficient (Wildman–Crippen LogP) is 3.73. The van der Waals surface area contributed by atoms with E-state index in [0.29, 0.717) is 6.04 Å². The van der Waals surface area contributed by atoms with Crippen molar-refractivity contribution in [2.45, 2.75) is 39.2 Å². The van der Waals surface area contributed by atoms with Crippen LogP contribution in [0.5, 0.6) is 0 Å². The molecule has 1 aromatic rings. The van der Waals surface area contributed by atoms with Crippen LogP contribution in [0, 0.1) is 5.92 Å². The molecule has 1 nitrogen and oxygen atoms in total. The Morgan fingerprint density at radius 3 is 2.69 bits per heavy atom. The van der Waals surface area contributed by atoms with Gasteiger partial charge in [-0.2, -0.15) is 0 Å². The van der Waals surface area contributed by atoms with Gasteiger partial charge in [-0.05, 0) is 42.9 Å². The molecule has 0 spiro atoms. The largest absolute Gasteiger partial charge is 0.310 e. The van der Waals surface area contributed by atoms with Crippen LogP contribution in [0.15, 0.2) is 24.3 Å². The average Bonchev–Trinajstić information content (AvgIpc) is 2.70. The van der Waals surface area contributed by atoms with Gasteiger partial charge in [0.1, 0.15) is 0 Å². The van der Waals surface area contributed by atoms with E-state index in [1.54, 1.807) is 0 Å². The molecule has 0 radical (unpaired) electrons. The molecule has 1 atom stereocenters. The lowest BCUT2D eigenvalue weighted by Crippen LogP contribution is -2.15. The quantitative estimate of drug-likeness (QED) is 0.848. The molecule has 1 aromatic carbocycles.